The highest BCUT2D eigenvalue weighted by Gasteiger charge is 2.12. The van der Waals surface area contributed by atoms with E-state index in [1.807, 2.05) is 6.92 Å². The van der Waals surface area contributed by atoms with E-state index in [0.29, 0.717) is 13.0 Å². The van der Waals surface area contributed by atoms with Crippen LogP contribution < -0.4 is 0 Å². The second kappa shape index (κ2) is 8.48. The molecule has 2 atom stereocenters. The Hall–Kier alpha value is -0.120. The molecule has 0 spiro atoms. The predicted molar refractivity (Wildman–Crippen MR) is 52.3 cm³/mol. The third-order valence-electron chi connectivity index (χ3n) is 1.69. The zero-order valence-electron chi connectivity index (χ0n) is 8.95. The summed E-state index contributed by atoms with van der Waals surface area (Å²) in [7, 11) is 0. The smallest absolute Gasteiger partial charge is 0.160 e. The summed E-state index contributed by atoms with van der Waals surface area (Å²) in [6, 6.07) is 0. The Balaban J connectivity index is 3.65. The quantitative estimate of drug-likeness (QED) is 0.597. The average Bonchev–Trinajstić information content (AvgIpc) is 2.14. The van der Waals surface area contributed by atoms with Crippen LogP contribution in [-0.2, 0) is 9.47 Å². The number of hydrogen-bond donors (Lipinski definition) is 1. The first-order valence-corrected chi connectivity index (χ1v) is 5.19. The highest BCUT2D eigenvalue weighted by atomic mass is 16.7. The van der Waals surface area contributed by atoms with Crippen molar-refractivity contribution in [3.63, 3.8) is 0 Å². The van der Waals surface area contributed by atoms with E-state index >= 15 is 0 Å². The molecule has 0 bridgehead atoms. The summed E-state index contributed by atoms with van der Waals surface area (Å²) in [4.78, 5) is 0. The molecule has 0 aromatic carbocycles. The Bertz CT molecular complexity index is 106. The molecule has 0 radical (unpaired) electrons. The average molecular weight is 190 g/mol. The molecule has 0 aromatic heterocycles. The lowest BCUT2D eigenvalue weighted by molar-refractivity contribution is -0.230. The first kappa shape index (κ1) is 12.9. The van der Waals surface area contributed by atoms with Gasteiger partial charge < -0.3 is 14.6 Å². The van der Waals surface area contributed by atoms with Crippen LogP contribution >= 0.6 is 0 Å². The van der Waals surface area contributed by atoms with Crippen molar-refractivity contribution < 1.29 is 14.6 Å². The Labute approximate surface area is 81.0 Å². The maximum absolute atomic E-state index is 9.25. The molecular formula is C10H22O3. The van der Waals surface area contributed by atoms with Crippen LogP contribution in [0.1, 0.15) is 46.5 Å². The van der Waals surface area contributed by atoms with Crippen LogP contribution in [0.25, 0.3) is 0 Å². The van der Waals surface area contributed by atoms with Crippen LogP contribution in [0.5, 0.6) is 0 Å². The molecule has 80 valence electrons. The molecule has 0 aliphatic carbocycles. The fraction of sp³-hybridized carbons (Fsp3) is 1.00. The van der Waals surface area contributed by atoms with E-state index in [-0.39, 0.29) is 6.29 Å². The van der Waals surface area contributed by atoms with Gasteiger partial charge in [-0.2, -0.15) is 0 Å². The van der Waals surface area contributed by atoms with E-state index in [4.69, 9.17) is 9.47 Å². The van der Waals surface area contributed by atoms with Gasteiger partial charge in [0.1, 0.15) is 0 Å². The summed E-state index contributed by atoms with van der Waals surface area (Å²) in [5.41, 5.74) is 0. The predicted octanol–water partition coefficient (Wildman–Crippen LogP) is 2.28. The van der Waals surface area contributed by atoms with E-state index in [2.05, 4.69) is 13.8 Å². The zero-order chi connectivity index (χ0) is 10.1. The van der Waals surface area contributed by atoms with Gasteiger partial charge in [0, 0.05) is 6.61 Å². The summed E-state index contributed by atoms with van der Waals surface area (Å²) in [6.07, 6.45) is 2.51. The van der Waals surface area contributed by atoms with Crippen LogP contribution in [0.3, 0.4) is 0 Å². The summed E-state index contributed by atoms with van der Waals surface area (Å²) in [5.74, 6) is 0. The molecule has 13 heavy (non-hydrogen) atoms. The van der Waals surface area contributed by atoms with Crippen LogP contribution in [0, 0.1) is 0 Å². The number of aliphatic hydroxyl groups is 1. The normalized spacial score (nSPS) is 15.7. The van der Waals surface area contributed by atoms with Crippen molar-refractivity contribution in [3.05, 3.63) is 0 Å². The van der Waals surface area contributed by atoms with Gasteiger partial charge in [-0.15, -0.1) is 0 Å². The van der Waals surface area contributed by atoms with Crippen LogP contribution in [-0.4, -0.2) is 24.3 Å². The van der Waals surface area contributed by atoms with Gasteiger partial charge in [-0.3, -0.25) is 0 Å². The number of aliphatic hydroxyl groups excluding tert-OH is 1. The lowest BCUT2D eigenvalue weighted by Crippen LogP contribution is -2.24. The minimum atomic E-state index is -0.687. The molecule has 0 rings (SSSR count). The monoisotopic (exact) mass is 190 g/mol. The largest absolute Gasteiger partial charge is 0.368 e. The highest BCUT2D eigenvalue weighted by Crippen LogP contribution is 2.08. The molecule has 0 aliphatic heterocycles. The number of hydrogen-bond acceptors (Lipinski definition) is 3. The van der Waals surface area contributed by atoms with E-state index in [9.17, 15) is 5.11 Å². The van der Waals surface area contributed by atoms with Crippen LogP contribution in [0.2, 0.25) is 0 Å². The maximum Gasteiger partial charge on any atom is 0.160 e. The molecular weight excluding hydrogens is 168 g/mol. The van der Waals surface area contributed by atoms with Gasteiger partial charge in [0.15, 0.2) is 12.6 Å². The Kier molecular flexibility index (Phi) is 8.40. The molecule has 2 unspecified atom stereocenters. The van der Waals surface area contributed by atoms with Crippen molar-refractivity contribution in [2.45, 2.75) is 59.0 Å². The molecule has 1 N–H and O–H groups in total. The van der Waals surface area contributed by atoms with Gasteiger partial charge in [-0.1, -0.05) is 27.2 Å². The molecule has 0 amide bonds. The third-order valence-corrected chi connectivity index (χ3v) is 1.69. The highest BCUT2D eigenvalue weighted by molar-refractivity contribution is 4.46. The molecule has 0 aliphatic rings. The van der Waals surface area contributed by atoms with Crippen molar-refractivity contribution in [2.24, 2.45) is 0 Å². The molecule has 0 aromatic rings. The number of ether oxygens (including phenoxy) is 2. The maximum atomic E-state index is 9.25. The van der Waals surface area contributed by atoms with E-state index < -0.39 is 6.29 Å². The lowest BCUT2D eigenvalue weighted by atomic mass is 10.3. The minimum absolute atomic E-state index is 0.236. The van der Waals surface area contributed by atoms with E-state index in [0.717, 1.165) is 19.3 Å². The van der Waals surface area contributed by atoms with Gasteiger partial charge in [-0.25, -0.2) is 0 Å². The molecule has 0 heterocycles. The van der Waals surface area contributed by atoms with Gasteiger partial charge in [0.2, 0.25) is 0 Å². The van der Waals surface area contributed by atoms with Gasteiger partial charge in [-0.05, 0) is 19.3 Å². The van der Waals surface area contributed by atoms with Gasteiger partial charge in [0.25, 0.3) is 0 Å². The first-order chi connectivity index (χ1) is 6.24. The second-order valence-electron chi connectivity index (χ2n) is 3.09. The summed E-state index contributed by atoms with van der Waals surface area (Å²) >= 11 is 0. The molecule has 0 saturated carbocycles. The van der Waals surface area contributed by atoms with Crippen molar-refractivity contribution in [3.8, 4) is 0 Å². The second-order valence-corrected chi connectivity index (χ2v) is 3.09. The van der Waals surface area contributed by atoms with Crippen molar-refractivity contribution in [1.82, 2.24) is 0 Å². The summed E-state index contributed by atoms with van der Waals surface area (Å²) in [5, 5.41) is 9.25. The Morgan fingerprint density at radius 2 is 1.85 bits per heavy atom. The molecule has 0 saturated heterocycles. The topological polar surface area (TPSA) is 38.7 Å². The van der Waals surface area contributed by atoms with E-state index in [1.54, 1.807) is 0 Å². The summed E-state index contributed by atoms with van der Waals surface area (Å²) < 4.78 is 10.7. The van der Waals surface area contributed by atoms with Crippen molar-refractivity contribution in [1.29, 1.82) is 0 Å². The SMILES string of the molecule is CCCOC(CCC)OC(O)CC. The zero-order valence-corrected chi connectivity index (χ0v) is 8.95. The third kappa shape index (κ3) is 6.99. The van der Waals surface area contributed by atoms with Crippen LogP contribution in [0.15, 0.2) is 0 Å². The standard InChI is InChI=1S/C10H22O3/c1-4-7-10(12-8-5-2)13-9(11)6-3/h9-11H,4-8H2,1-3H3. The first-order valence-electron chi connectivity index (χ1n) is 5.19. The number of rotatable bonds is 8. The Morgan fingerprint density at radius 3 is 2.31 bits per heavy atom. The fourth-order valence-corrected chi connectivity index (χ4v) is 0.947. The van der Waals surface area contributed by atoms with Gasteiger partial charge in [0.05, 0.1) is 0 Å². The fourth-order valence-electron chi connectivity index (χ4n) is 0.947. The van der Waals surface area contributed by atoms with Gasteiger partial charge >= 0.3 is 0 Å². The van der Waals surface area contributed by atoms with Crippen LogP contribution in [0.4, 0.5) is 0 Å². The molecule has 3 nitrogen and oxygen atoms in total. The minimum Gasteiger partial charge on any atom is -0.368 e. The van der Waals surface area contributed by atoms with Crippen molar-refractivity contribution in [2.75, 3.05) is 6.61 Å². The summed E-state index contributed by atoms with van der Waals surface area (Å²) in [6.45, 7) is 6.71. The molecule has 0 fully saturated rings. The lowest BCUT2D eigenvalue weighted by Gasteiger charge is -2.20. The van der Waals surface area contributed by atoms with E-state index in [1.165, 1.54) is 0 Å². The van der Waals surface area contributed by atoms with Crippen molar-refractivity contribution >= 4 is 0 Å². The Morgan fingerprint density at radius 1 is 1.15 bits per heavy atom. The molecule has 3 heteroatoms.